The number of ether oxygens (including phenoxy) is 1. The van der Waals surface area contributed by atoms with E-state index in [0.717, 1.165) is 42.2 Å². The molecular weight excluding hydrogens is 408 g/mol. The highest BCUT2D eigenvalue weighted by Crippen LogP contribution is 2.27. The molecule has 0 radical (unpaired) electrons. The van der Waals surface area contributed by atoms with Gasteiger partial charge in [0.2, 0.25) is 9.84 Å². The average molecular weight is 427 g/mol. The number of rotatable bonds is 7. The molecule has 150 valence electrons. The van der Waals surface area contributed by atoms with Gasteiger partial charge in [0.25, 0.3) is 5.91 Å². The molecule has 0 unspecified atom stereocenters. The maximum Gasteiger partial charge on any atom is 0.341 e. The smallest absolute Gasteiger partial charge is 0.341 e. The number of carbonyl (C=O) groups is 1. The van der Waals surface area contributed by atoms with Gasteiger partial charge in [-0.05, 0) is 49.2 Å². The summed E-state index contributed by atoms with van der Waals surface area (Å²) in [4.78, 5) is 12.9. The zero-order valence-electron chi connectivity index (χ0n) is 14.8. The van der Waals surface area contributed by atoms with Gasteiger partial charge < -0.3 is 10.1 Å². The highest BCUT2D eigenvalue weighted by molar-refractivity contribution is 7.99. The number of anilines is 1. The normalized spacial score (nSPS) is 17.0. The van der Waals surface area contributed by atoms with Crippen LogP contribution < -0.4 is 5.32 Å². The summed E-state index contributed by atoms with van der Waals surface area (Å²) >= 11 is 1.54. The topological polar surface area (TPSA) is 72.5 Å². The lowest BCUT2D eigenvalue weighted by Crippen LogP contribution is -2.15. The average Bonchev–Trinajstić information content (AvgIpc) is 3.20. The number of thioether (sulfide) groups is 1. The molecule has 2 aromatic carbocycles. The number of alkyl halides is 2. The van der Waals surface area contributed by atoms with Crippen LogP contribution in [-0.4, -0.2) is 38.5 Å². The summed E-state index contributed by atoms with van der Waals surface area (Å²) in [5, 5.41) is 2.67. The number of hydrogen-bond acceptors (Lipinski definition) is 5. The fourth-order valence-corrected chi connectivity index (χ4v) is 4.61. The highest BCUT2D eigenvalue weighted by atomic mass is 32.2. The van der Waals surface area contributed by atoms with Crippen LogP contribution in [-0.2, 0) is 14.6 Å². The third kappa shape index (κ3) is 4.89. The fourth-order valence-electron chi connectivity index (χ4n) is 2.77. The van der Waals surface area contributed by atoms with E-state index in [9.17, 15) is 22.0 Å². The van der Waals surface area contributed by atoms with Gasteiger partial charge in [-0.2, -0.15) is 8.78 Å². The quantitative estimate of drug-likeness (QED) is 0.671. The lowest BCUT2D eigenvalue weighted by atomic mass is 10.2. The second-order valence-electron chi connectivity index (χ2n) is 6.23. The summed E-state index contributed by atoms with van der Waals surface area (Å²) in [6.07, 6.45) is 2.24. The zero-order valence-corrected chi connectivity index (χ0v) is 16.4. The third-order valence-corrected chi connectivity index (χ3v) is 6.86. The summed E-state index contributed by atoms with van der Waals surface area (Å²) < 4.78 is 53.7. The van der Waals surface area contributed by atoms with Crippen LogP contribution in [0.3, 0.4) is 0 Å². The third-order valence-electron chi connectivity index (χ3n) is 4.26. The van der Waals surface area contributed by atoms with Crippen molar-refractivity contribution >= 4 is 33.2 Å². The number of hydrogen-bond donors (Lipinski definition) is 1. The van der Waals surface area contributed by atoms with Crippen molar-refractivity contribution in [3.8, 4) is 0 Å². The Balaban J connectivity index is 1.69. The largest absolute Gasteiger partial charge is 0.377 e. The molecule has 1 fully saturated rings. The number of halogens is 2. The van der Waals surface area contributed by atoms with Gasteiger partial charge in [-0.25, -0.2) is 8.42 Å². The van der Waals surface area contributed by atoms with Gasteiger partial charge in [-0.1, -0.05) is 12.1 Å². The van der Waals surface area contributed by atoms with Crippen LogP contribution in [0.25, 0.3) is 0 Å². The first kappa shape index (κ1) is 20.8. The molecule has 1 aliphatic rings. The summed E-state index contributed by atoms with van der Waals surface area (Å²) in [5.41, 5.74) is 0.798. The minimum absolute atomic E-state index is 0.186. The molecule has 0 aliphatic carbocycles. The molecule has 0 spiro atoms. The van der Waals surface area contributed by atoms with Crippen molar-refractivity contribution in [2.24, 2.45) is 0 Å². The van der Waals surface area contributed by atoms with Crippen LogP contribution in [0, 0.1) is 0 Å². The molecule has 0 saturated carbocycles. The number of carbonyl (C=O) groups excluding carboxylic acids is 1. The minimum atomic E-state index is -4.66. The SMILES string of the molecule is O=C(Nc1ccc(S(=O)(=O)C(F)F)cc1)c1ccccc1SC[C@H]1CCCO1. The van der Waals surface area contributed by atoms with E-state index in [1.807, 2.05) is 12.1 Å². The van der Waals surface area contributed by atoms with Crippen LogP contribution in [0.4, 0.5) is 14.5 Å². The standard InChI is InChI=1S/C19H19F2NO4S2/c20-19(21)28(24,25)15-9-7-13(8-10-15)22-18(23)16-5-1-2-6-17(16)27-12-14-4-3-11-26-14/h1-2,5-10,14,19H,3-4,11-12H2,(H,22,23)/t14-/m1/s1. The molecular formula is C19H19F2NO4S2. The van der Waals surface area contributed by atoms with Gasteiger partial charge >= 0.3 is 5.76 Å². The molecule has 9 heteroatoms. The molecule has 3 rings (SSSR count). The first-order valence-electron chi connectivity index (χ1n) is 8.65. The van der Waals surface area contributed by atoms with E-state index < -0.39 is 20.5 Å². The summed E-state index contributed by atoms with van der Waals surface area (Å²) in [6, 6.07) is 11.8. The van der Waals surface area contributed by atoms with E-state index in [-0.39, 0.29) is 12.0 Å². The number of sulfone groups is 1. The number of nitrogens with one attached hydrogen (secondary N) is 1. The molecule has 5 nitrogen and oxygen atoms in total. The summed E-state index contributed by atoms with van der Waals surface area (Å²) in [6.45, 7) is 0.768. The first-order chi connectivity index (χ1) is 13.4. The Hall–Kier alpha value is -1.97. The lowest BCUT2D eigenvalue weighted by molar-refractivity contribution is 0.102. The van der Waals surface area contributed by atoms with Gasteiger partial charge in [-0.15, -0.1) is 11.8 Å². The van der Waals surface area contributed by atoms with Gasteiger partial charge in [0, 0.05) is 22.9 Å². The Labute approximate surface area is 166 Å². The predicted octanol–water partition coefficient (Wildman–Crippen LogP) is 4.21. The lowest BCUT2D eigenvalue weighted by Gasteiger charge is -2.12. The minimum Gasteiger partial charge on any atom is -0.377 e. The number of benzene rings is 2. The second-order valence-corrected chi connectivity index (χ2v) is 9.21. The maximum atomic E-state index is 12.6. The molecule has 1 N–H and O–H groups in total. The Bertz CT molecular complexity index is 927. The molecule has 1 aliphatic heterocycles. The fraction of sp³-hybridized carbons (Fsp3) is 0.316. The Morgan fingerprint density at radius 3 is 2.54 bits per heavy atom. The van der Waals surface area contributed by atoms with Crippen molar-refractivity contribution in [3.05, 3.63) is 54.1 Å². The van der Waals surface area contributed by atoms with Crippen molar-refractivity contribution in [2.45, 2.75) is 34.5 Å². The van der Waals surface area contributed by atoms with E-state index in [4.69, 9.17) is 4.74 Å². The summed E-state index contributed by atoms with van der Waals surface area (Å²) in [5.74, 6) is -3.09. The van der Waals surface area contributed by atoms with Gasteiger partial charge in [-0.3, -0.25) is 4.79 Å². The van der Waals surface area contributed by atoms with Crippen LogP contribution >= 0.6 is 11.8 Å². The van der Waals surface area contributed by atoms with Gasteiger partial charge in [0.05, 0.1) is 16.6 Å². The van der Waals surface area contributed by atoms with Gasteiger partial charge in [0.1, 0.15) is 0 Å². The van der Waals surface area contributed by atoms with Crippen LogP contribution in [0.2, 0.25) is 0 Å². The van der Waals surface area contributed by atoms with Crippen LogP contribution in [0.1, 0.15) is 23.2 Å². The van der Waals surface area contributed by atoms with Crippen LogP contribution in [0.15, 0.2) is 58.3 Å². The molecule has 1 amide bonds. The second kappa shape index (κ2) is 9.02. The Kier molecular flexibility index (Phi) is 6.69. The van der Waals surface area contributed by atoms with Crippen molar-refractivity contribution in [1.82, 2.24) is 0 Å². The van der Waals surface area contributed by atoms with Crippen molar-refractivity contribution in [3.63, 3.8) is 0 Å². The Morgan fingerprint density at radius 2 is 1.89 bits per heavy atom. The van der Waals surface area contributed by atoms with Gasteiger partial charge in [0.15, 0.2) is 0 Å². The zero-order chi connectivity index (χ0) is 20.1. The monoisotopic (exact) mass is 427 g/mol. The van der Waals surface area contributed by atoms with Crippen molar-refractivity contribution in [1.29, 1.82) is 0 Å². The van der Waals surface area contributed by atoms with E-state index in [0.29, 0.717) is 11.3 Å². The highest BCUT2D eigenvalue weighted by Gasteiger charge is 2.26. The predicted molar refractivity (Wildman–Crippen MR) is 104 cm³/mol. The first-order valence-corrected chi connectivity index (χ1v) is 11.2. The molecule has 0 aromatic heterocycles. The van der Waals surface area contributed by atoms with E-state index in [2.05, 4.69) is 5.32 Å². The van der Waals surface area contributed by atoms with E-state index in [1.54, 1.807) is 23.9 Å². The number of amides is 1. The van der Waals surface area contributed by atoms with E-state index >= 15 is 0 Å². The summed E-state index contributed by atoms with van der Waals surface area (Å²) in [7, 11) is -4.66. The molecule has 28 heavy (non-hydrogen) atoms. The molecule has 2 aromatic rings. The molecule has 1 atom stereocenters. The van der Waals surface area contributed by atoms with E-state index in [1.165, 1.54) is 12.1 Å². The molecule has 1 saturated heterocycles. The van der Waals surface area contributed by atoms with Crippen molar-refractivity contribution < 1.29 is 26.7 Å². The molecule has 0 bridgehead atoms. The molecule has 1 heterocycles. The van der Waals surface area contributed by atoms with Crippen molar-refractivity contribution in [2.75, 3.05) is 17.7 Å². The Morgan fingerprint density at radius 1 is 1.18 bits per heavy atom. The maximum absolute atomic E-state index is 12.6. The van der Waals surface area contributed by atoms with Crippen LogP contribution in [0.5, 0.6) is 0 Å².